The molecule has 166 valence electrons. The van der Waals surface area contributed by atoms with Crippen LogP contribution in [0.3, 0.4) is 0 Å². The summed E-state index contributed by atoms with van der Waals surface area (Å²) in [6.45, 7) is 17.2. The van der Waals surface area contributed by atoms with Gasteiger partial charge >= 0.3 is 17.7 Å². The van der Waals surface area contributed by atoms with E-state index in [9.17, 15) is 15.3 Å². The lowest BCUT2D eigenvalue weighted by molar-refractivity contribution is 0.0488. The molecule has 1 aromatic rings. The van der Waals surface area contributed by atoms with Crippen LogP contribution in [0.2, 0.25) is 18.1 Å². The number of allylic oxidation sites excluding steroid dienone is 1. The van der Waals surface area contributed by atoms with Crippen molar-refractivity contribution < 1.29 is 23.8 Å². The predicted molar refractivity (Wildman–Crippen MR) is 118 cm³/mol. The molecule has 0 aliphatic rings. The van der Waals surface area contributed by atoms with Crippen LogP contribution in [0.5, 0.6) is 0 Å². The number of hydrogen-bond donors (Lipinski definition) is 1. The molecule has 0 saturated heterocycles. The Hall–Kier alpha value is -2.73. The Morgan fingerprint density at radius 3 is 2.33 bits per heavy atom. The maximum absolute atomic E-state index is 12.3. The normalized spacial score (nSPS) is 13.9. The molecular formula is C21H34N3O5Si+. The van der Waals surface area contributed by atoms with Crippen LogP contribution >= 0.6 is 0 Å². The molecule has 9 heteroatoms. The summed E-state index contributed by atoms with van der Waals surface area (Å²) in [6, 6.07) is 3.33. The molecule has 1 rings (SSSR count). The maximum Gasteiger partial charge on any atom is 0.503 e. The van der Waals surface area contributed by atoms with Gasteiger partial charge in [0, 0.05) is 6.20 Å². The molecule has 0 saturated carbocycles. The lowest BCUT2D eigenvalue weighted by Crippen LogP contribution is -2.40. The average molecular weight is 437 g/mol. The fourth-order valence-electron chi connectivity index (χ4n) is 2.10. The topological polar surface area (TPSA) is 98.1 Å². The van der Waals surface area contributed by atoms with Crippen molar-refractivity contribution >= 4 is 14.4 Å². The number of nitrogens with zero attached hydrogens (tertiary/aromatic N) is 3. The third kappa shape index (κ3) is 6.66. The Kier molecular flexibility index (Phi) is 7.92. The van der Waals surface area contributed by atoms with E-state index in [2.05, 4.69) is 25.7 Å². The molecule has 0 bridgehead atoms. The summed E-state index contributed by atoms with van der Waals surface area (Å²) < 4.78 is 18.2. The monoisotopic (exact) mass is 436 g/mol. The minimum atomic E-state index is -2.24. The zero-order valence-corrected chi connectivity index (χ0v) is 20.4. The molecule has 0 unspecified atom stereocenters. The molecule has 1 heterocycles. The van der Waals surface area contributed by atoms with Crippen molar-refractivity contribution in [1.29, 1.82) is 5.39 Å². The number of aliphatic hydroxyl groups is 1. The summed E-state index contributed by atoms with van der Waals surface area (Å²) >= 11 is 0. The van der Waals surface area contributed by atoms with Gasteiger partial charge < -0.3 is 19.0 Å². The molecule has 0 aliphatic heterocycles. The third-order valence-electron chi connectivity index (χ3n) is 4.75. The van der Waals surface area contributed by atoms with Gasteiger partial charge in [-0.2, -0.15) is 0 Å². The summed E-state index contributed by atoms with van der Waals surface area (Å²) in [5, 5.41) is 19.8. The SMILES string of the molecule is C/C=C(O[Si](C)(C)C(C)(C)C)/C([N+]#N)=C(\O)OCc1cccn1C(=O)OC(C)(C)C. The molecule has 8 nitrogen and oxygen atoms in total. The van der Waals surface area contributed by atoms with Crippen molar-refractivity contribution in [3.8, 4) is 0 Å². The van der Waals surface area contributed by atoms with Crippen molar-refractivity contribution in [3.63, 3.8) is 0 Å². The van der Waals surface area contributed by atoms with E-state index >= 15 is 0 Å². The van der Waals surface area contributed by atoms with Crippen LogP contribution < -0.4 is 0 Å². The van der Waals surface area contributed by atoms with Gasteiger partial charge in [-0.05, 0) is 64.0 Å². The maximum atomic E-state index is 12.3. The summed E-state index contributed by atoms with van der Waals surface area (Å²) in [6.07, 6.45) is 2.60. The van der Waals surface area contributed by atoms with E-state index < -0.39 is 26.0 Å². The Morgan fingerprint density at radius 1 is 1.27 bits per heavy atom. The zero-order chi connectivity index (χ0) is 23.3. The lowest BCUT2D eigenvalue weighted by Gasteiger charge is -2.36. The van der Waals surface area contributed by atoms with Crippen molar-refractivity contribution in [2.24, 2.45) is 0 Å². The van der Waals surface area contributed by atoms with E-state index in [1.54, 1.807) is 52.1 Å². The second-order valence-corrected chi connectivity index (χ2v) is 14.1. The molecule has 1 N–H and O–H groups in total. The van der Waals surface area contributed by atoms with Crippen molar-refractivity contribution in [2.45, 2.75) is 78.8 Å². The summed E-state index contributed by atoms with van der Waals surface area (Å²) in [5.74, 6) is -0.384. The molecule has 0 fully saturated rings. The zero-order valence-electron chi connectivity index (χ0n) is 19.4. The second-order valence-electron chi connectivity index (χ2n) is 9.41. The van der Waals surface area contributed by atoms with Gasteiger partial charge in [0.2, 0.25) is 11.2 Å². The van der Waals surface area contributed by atoms with Crippen LogP contribution in [0.25, 0.3) is 4.98 Å². The largest absolute Gasteiger partial charge is 0.538 e. The van der Waals surface area contributed by atoms with Crippen LogP contribution in [0.4, 0.5) is 4.79 Å². The highest BCUT2D eigenvalue weighted by Gasteiger charge is 2.42. The van der Waals surface area contributed by atoms with Crippen molar-refractivity contribution in [3.05, 3.63) is 52.5 Å². The van der Waals surface area contributed by atoms with Crippen LogP contribution in [-0.2, 0) is 20.5 Å². The number of hydrogen-bond acceptors (Lipinski definition) is 6. The highest BCUT2D eigenvalue weighted by molar-refractivity contribution is 6.74. The first-order valence-corrected chi connectivity index (χ1v) is 12.7. The summed E-state index contributed by atoms with van der Waals surface area (Å²) in [7, 11) is -2.24. The van der Waals surface area contributed by atoms with E-state index in [-0.39, 0.29) is 23.1 Å². The smallest absolute Gasteiger partial charge is 0.503 e. The van der Waals surface area contributed by atoms with Gasteiger partial charge in [0.15, 0.2) is 4.98 Å². The first-order chi connectivity index (χ1) is 13.6. The Bertz CT molecular complexity index is 864. The van der Waals surface area contributed by atoms with Crippen LogP contribution in [0.1, 0.15) is 54.2 Å². The first kappa shape index (κ1) is 25.3. The molecule has 0 aromatic carbocycles. The van der Waals surface area contributed by atoms with Gasteiger partial charge in [0.1, 0.15) is 12.2 Å². The first-order valence-electron chi connectivity index (χ1n) is 9.79. The minimum absolute atomic E-state index is 0.0907. The van der Waals surface area contributed by atoms with Gasteiger partial charge in [0.05, 0.1) is 5.69 Å². The molecule has 0 aliphatic carbocycles. The predicted octanol–water partition coefficient (Wildman–Crippen LogP) is 6.29. The fourth-order valence-corrected chi connectivity index (χ4v) is 3.17. The van der Waals surface area contributed by atoms with Gasteiger partial charge in [-0.3, -0.25) is 4.57 Å². The van der Waals surface area contributed by atoms with E-state index in [1.165, 1.54) is 4.57 Å². The molecule has 0 spiro atoms. The van der Waals surface area contributed by atoms with Gasteiger partial charge in [-0.25, -0.2) is 4.79 Å². The quantitative estimate of drug-likeness (QED) is 0.243. The Labute approximate surface area is 179 Å². The number of carbonyl (C=O) groups excluding carboxylic acids is 1. The molecular weight excluding hydrogens is 402 g/mol. The van der Waals surface area contributed by atoms with E-state index in [1.807, 2.05) is 13.1 Å². The van der Waals surface area contributed by atoms with Gasteiger partial charge in [0.25, 0.3) is 8.32 Å². The Morgan fingerprint density at radius 2 is 1.87 bits per heavy atom. The Balaban J connectivity index is 3.04. The average Bonchev–Trinajstić information content (AvgIpc) is 3.05. The van der Waals surface area contributed by atoms with E-state index in [4.69, 9.17) is 13.9 Å². The number of ether oxygens (including phenoxy) is 2. The third-order valence-corrected chi connectivity index (χ3v) is 9.09. The second kappa shape index (κ2) is 9.39. The van der Waals surface area contributed by atoms with Crippen molar-refractivity contribution in [1.82, 2.24) is 4.57 Å². The molecule has 0 amide bonds. The van der Waals surface area contributed by atoms with Crippen molar-refractivity contribution in [2.75, 3.05) is 0 Å². The molecule has 0 atom stereocenters. The van der Waals surface area contributed by atoms with E-state index in [0.717, 1.165) is 0 Å². The van der Waals surface area contributed by atoms with Gasteiger partial charge in [-0.1, -0.05) is 20.8 Å². The summed E-state index contributed by atoms with van der Waals surface area (Å²) in [4.78, 5) is 15.5. The lowest BCUT2D eigenvalue weighted by atomic mass is 10.2. The standard InChI is InChI=1S/C21H33N3O5Si/c1-10-16(29-30(8,9)21(5,6)7)17(23-22)18(25)27-14-15-12-11-13-24(15)19(26)28-20(2,3)4/h10-13H,14H2,1-9H3/p+1/b16-10-,18-17-. The highest BCUT2D eigenvalue weighted by Crippen LogP contribution is 2.39. The van der Waals surface area contributed by atoms with Crippen LogP contribution in [0.15, 0.2) is 41.8 Å². The van der Waals surface area contributed by atoms with Gasteiger partial charge in [-0.15, -0.1) is 0 Å². The number of rotatable bonds is 6. The van der Waals surface area contributed by atoms with Crippen LogP contribution in [-0.4, -0.2) is 29.7 Å². The minimum Gasteiger partial charge on any atom is -0.538 e. The molecule has 1 aromatic heterocycles. The van der Waals surface area contributed by atoms with E-state index in [0.29, 0.717) is 5.69 Å². The number of diazo groups is 1. The molecule has 30 heavy (non-hydrogen) atoms. The number of aromatic nitrogens is 1. The summed E-state index contributed by atoms with van der Waals surface area (Å²) in [5.41, 5.74) is -0.398. The number of aliphatic hydroxyl groups excluding tert-OH is 1. The fraction of sp³-hybridized carbons (Fsp3) is 0.571. The van der Waals surface area contributed by atoms with Crippen LogP contribution in [0, 0.1) is 5.39 Å². The highest BCUT2D eigenvalue weighted by atomic mass is 28.4. The number of carbonyl (C=O) groups is 1. The molecule has 0 radical (unpaired) electrons.